The largest absolute Gasteiger partial charge is 0.459 e. The van der Waals surface area contributed by atoms with Crippen LogP contribution < -0.4 is 0 Å². The smallest absolute Gasteiger partial charge is 0.330 e. The van der Waals surface area contributed by atoms with Gasteiger partial charge in [0.05, 0.1) is 25.4 Å². The molecule has 2 saturated heterocycles. The lowest BCUT2D eigenvalue weighted by atomic mass is 10.1. The summed E-state index contributed by atoms with van der Waals surface area (Å²) in [7, 11) is 0. The number of epoxide rings is 2. The van der Waals surface area contributed by atoms with Crippen molar-refractivity contribution in [3.05, 3.63) is 12.7 Å². The Bertz CT molecular complexity index is 216. The first-order valence-electron chi connectivity index (χ1n) is 4.84. The minimum atomic E-state index is -0.365. The minimum absolute atomic E-state index is 0.0829. The summed E-state index contributed by atoms with van der Waals surface area (Å²) in [4.78, 5) is 11.0. The average molecular weight is 198 g/mol. The molecule has 0 aromatic heterocycles. The molecule has 0 bridgehead atoms. The van der Waals surface area contributed by atoms with Crippen LogP contribution in [0.1, 0.15) is 12.8 Å². The third kappa shape index (κ3) is 3.12. The third-order valence-electron chi connectivity index (χ3n) is 2.31. The Hall–Kier alpha value is -0.870. The number of esters is 1. The summed E-state index contributed by atoms with van der Waals surface area (Å²) in [6.45, 7) is 4.94. The molecule has 14 heavy (non-hydrogen) atoms. The van der Waals surface area contributed by atoms with Gasteiger partial charge in [0, 0.05) is 18.9 Å². The summed E-state index contributed by atoms with van der Waals surface area (Å²) in [6, 6.07) is 0. The highest BCUT2D eigenvalue weighted by Gasteiger charge is 2.33. The predicted octanol–water partition coefficient (Wildman–Crippen LogP) is 0.662. The highest BCUT2D eigenvalue weighted by Crippen LogP contribution is 2.24. The molecule has 2 unspecified atom stereocenters. The fourth-order valence-electron chi connectivity index (χ4n) is 1.40. The SMILES string of the molecule is C=CC(=O)OC(CC1CO1)CC1CO1. The van der Waals surface area contributed by atoms with Gasteiger partial charge >= 0.3 is 5.97 Å². The second kappa shape index (κ2) is 4.11. The molecule has 2 fully saturated rings. The highest BCUT2D eigenvalue weighted by molar-refractivity contribution is 5.81. The maximum absolute atomic E-state index is 11.0. The van der Waals surface area contributed by atoms with Crippen molar-refractivity contribution < 1.29 is 19.0 Å². The van der Waals surface area contributed by atoms with E-state index in [2.05, 4.69) is 6.58 Å². The molecule has 0 saturated carbocycles. The molecule has 4 nitrogen and oxygen atoms in total. The monoisotopic (exact) mass is 198 g/mol. The maximum atomic E-state index is 11.0. The van der Waals surface area contributed by atoms with E-state index in [-0.39, 0.29) is 24.3 Å². The molecule has 2 rings (SSSR count). The van der Waals surface area contributed by atoms with Gasteiger partial charge in [-0.25, -0.2) is 4.79 Å². The Morgan fingerprint density at radius 2 is 1.93 bits per heavy atom. The van der Waals surface area contributed by atoms with E-state index < -0.39 is 0 Å². The van der Waals surface area contributed by atoms with Gasteiger partial charge in [0.15, 0.2) is 0 Å². The van der Waals surface area contributed by atoms with Crippen LogP contribution in [0.5, 0.6) is 0 Å². The van der Waals surface area contributed by atoms with Gasteiger partial charge in [-0.1, -0.05) is 6.58 Å². The summed E-state index contributed by atoms with van der Waals surface area (Å²) in [5.41, 5.74) is 0. The van der Waals surface area contributed by atoms with Crippen LogP contribution in [0.15, 0.2) is 12.7 Å². The van der Waals surface area contributed by atoms with E-state index in [1.807, 2.05) is 0 Å². The van der Waals surface area contributed by atoms with Crippen LogP contribution in [0.4, 0.5) is 0 Å². The van der Waals surface area contributed by atoms with Crippen LogP contribution in [0.2, 0.25) is 0 Å². The number of hydrogen-bond acceptors (Lipinski definition) is 4. The van der Waals surface area contributed by atoms with Crippen molar-refractivity contribution >= 4 is 5.97 Å². The molecule has 0 aromatic rings. The molecule has 0 amide bonds. The van der Waals surface area contributed by atoms with E-state index in [9.17, 15) is 4.79 Å². The number of carbonyl (C=O) groups is 1. The zero-order valence-corrected chi connectivity index (χ0v) is 7.98. The fraction of sp³-hybridized carbons (Fsp3) is 0.700. The van der Waals surface area contributed by atoms with Crippen molar-refractivity contribution in [2.45, 2.75) is 31.2 Å². The van der Waals surface area contributed by atoms with Crippen LogP contribution >= 0.6 is 0 Å². The highest BCUT2D eigenvalue weighted by atomic mass is 16.6. The molecule has 2 atom stereocenters. The van der Waals surface area contributed by atoms with Crippen LogP contribution in [-0.2, 0) is 19.0 Å². The van der Waals surface area contributed by atoms with Gasteiger partial charge in [-0.3, -0.25) is 0 Å². The summed E-state index contributed by atoms with van der Waals surface area (Å²) >= 11 is 0. The van der Waals surface area contributed by atoms with Gasteiger partial charge in [-0.15, -0.1) is 0 Å². The zero-order valence-electron chi connectivity index (χ0n) is 7.98. The first-order valence-corrected chi connectivity index (χ1v) is 4.84. The first kappa shape index (κ1) is 9.68. The summed E-state index contributed by atoms with van der Waals surface area (Å²) in [6.07, 6.45) is 3.21. The maximum Gasteiger partial charge on any atom is 0.330 e. The molecule has 0 aliphatic carbocycles. The first-order chi connectivity index (χ1) is 6.78. The van der Waals surface area contributed by atoms with Crippen molar-refractivity contribution in [1.82, 2.24) is 0 Å². The average Bonchev–Trinajstić information content (AvgIpc) is 2.99. The topological polar surface area (TPSA) is 51.4 Å². The lowest BCUT2D eigenvalue weighted by Crippen LogP contribution is -2.21. The van der Waals surface area contributed by atoms with Gasteiger partial charge in [0.25, 0.3) is 0 Å². The van der Waals surface area contributed by atoms with Gasteiger partial charge in [0.2, 0.25) is 0 Å². The van der Waals surface area contributed by atoms with E-state index in [1.54, 1.807) is 0 Å². The van der Waals surface area contributed by atoms with Gasteiger partial charge in [-0.2, -0.15) is 0 Å². The molecule has 0 aromatic carbocycles. The second-order valence-corrected chi connectivity index (χ2v) is 3.65. The standard InChI is InChI=1S/C10H14O4/c1-2-10(11)14-7(3-8-5-12-8)4-9-6-13-9/h2,7-9H,1,3-6H2. The van der Waals surface area contributed by atoms with Crippen molar-refractivity contribution in [3.8, 4) is 0 Å². The predicted molar refractivity (Wildman–Crippen MR) is 48.8 cm³/mol. The molecule has 4 heteroatoms. The molecule has 2 aliphatic rings. The Morgan fingerprint density at radius 1 is 1.43 bits per heavy atom. The number of rotatable bonds is 6. The van der Waals surface area contributed by atoms with E-state index in [1.165, 1.54) is 6.08 Å². The Kier molecular flexibility index (Phi) is 2.84. The molecule has 0 spiro atoms. The number of ether oxygens (including phenoxy) is 3. The fourth-order valence-corrected chi connectivity index (χ4v) is 1.40. The zero-order chi connectivity index (χ0) is 9.97. The summed E-state index contributed by atoms with van der Waals surface area (Å²) in [5, 5.41) is 0. The van der Waals surface area contributed by atoms with Crippen molar-refractivity contribution in [2.24, 2.45) is 0 Å². The lowest BCUT2D eigenvalue weighted by molar-refractivity contribution is -0.143. The quantitative estimate of drug-likeness (QED) is 0.357. The molecule has 2 aliphatic heterocycles. The van der Waals surface area contributed by atoms with Gasteiger partial charge in [-0.05, 0) is 0 Å². The molecule has 78 valence electrons. The van der Waals surface area contributed by atoms with Crippen molar-refractivity contribution in [2.75, 3.05) is 13.2 Å². The number of hydrogen-bond donors (Lipinski definition) is 0. The van der Waals surface area contributed by atoms with E-state index in [0.29, 0.717) is 0 Å². The van der Waals surface area contributed by atoms with E-state index in [4.69, 9.17) is 14.2 Å². The van der Waals surface area contributed by atoms with Crippen LogP contribution in [-0.4, -0.2) is 37.5 Å². The van der Waals surface area contributed by atoms with Crippen molar-refractivity contribution in [3.63, 3.8) is 0 Å². The Morgan fingerprint density at radius 3 is 2.29 bits per heavy atom. The summed E-state index contributed by atoms with van der Waals surface area (Å²) < 4.78 is 15.4. The lowest BCUT2D eigenvalue weighted by Gasteiger charge is -2.14. The van der Waals surface area contributed by atoms with Crippen LogP contribution in [0.25, 0.3) is 0 Å². The third-order valence-corrected chi connectivity index (χ3v) is 2.31. The Labute approximate surface area is 82.8 Å². The van der Waals surface area contributed by atoms with E-state index in [0.717, 1.165) is 26.1 Å². The van der Waals surface area contributed by atoms with Gasteiger partial charge < -0.3 is 14.2 Å². The normalized spacial score (nSPS) is 30.6. The van der Waals surface area contributed by atoms with Crippen molar-refractivity contribution in [1.29, 1.82) is 0 Å². The molecule has 2 heterocycles. The second-order valence-electron chi connectivity index (χ2n) is 3.65. The molecular formula is C10H14O4. The van der Waals surface area contributed by atoms with Crippen LogP contribution in [0.3, 0.4) is 0 Å². The van der Waals surface area contributed by atoms with Crippen LogP contribution in [0, 0.1) is 0 Å². The Balaban J connectivity index is 1.76. The van der Waals surface area contributed by atoms with Gasteiger partial charge in [0.1, 0.15) is 6.10 Å². The van der Waals surface area contributed by atoms with E-state index >= 15 is 0 Å². The minimum Gasteiger partial charge on any atom is -0.459 e. The summed E-state index contributed by atoms with van der Waals surface area (Å²) in [5.74, 6) is -0.365. The molecule has 0 radical (unpaired) electrons. The molecule has 0 N–H and O–H groups in total. The molecular weight excluding hydrogens is 184 g/mol. The number of carbonyl (C=O) groups excluding carboxylic acids is 1.